The van der Waals surface area contributed by atoms with Gasteiger partial charge in [-0.1, -0.05) is 13.0 Å². The minimum atomic E-state index is -0.787. The monoisotopic (exact) mass is 384 g/mol. The van der Waals surface area contributed by atoms with E-state index in [1.165, 1.54) is 0 Å². The third-order valence-corrected chi connectivity index (χ3v) is 5.07. The van der Waals surface area contributed by atoms with E-state index in [1.54, 1.807) is 18.7 Å². The number of hydrogen-bond donors (Lipinski definition) is 1. The number of morpholine rings is 1. The Balaban J connectivity index is 1.53. The van der Waals surface area contributed by atoms with Crippen molar-refractivity contribution in [3.05, 3.63) is 42.2 Å². The van der Waals surface area contributed by atoms with E-state index in [0.717, 1.165) is 31.4 Å². The smallest absolute Gasteiger partial charge is 0.252 e. The Morgan fingerprint density at radius 1 is 1.39 bits per heavy atom. The van der Waals surface area contributed by atoms with Gasteiger partial charge in [-0.25, -0.2) is 0 Å². The predicted molar refractivity (Wildman–Crippen MR) is 98.7 cm³/mol. The molecule has 2 aromatic heterocycles. The summed E-state index contributed by atoms with van der Waals surface area (Å²) in [4.78, 5) is 31.5. The standard InChI is InChI=1S/C19H24N6O3/c1-2-8-24-12-22-23-15(24)10-21-19(27)18-17(13-4-3-7-20-9-13)25(14-5-6-14)16(26)11-28-18/h3-4,7,9,12,14,17-18H,2,5-6,8,10-11H2,1H3,(H,21,27)/t17-,18+/m1/s1. The van der Waals surface area contributed by atoms with Crippen LogP contribution in [0.4, 0.5) is 0 Å². The van der Waals surface area contributed by atoms with Crippen molar-refractivity contribution in [2.75, 3.05) is 6.61 Å². The van der Waals surface area contributed by atoms with Crippen LogP contribution in [0.15, 0.2) is 30.9 Å². The molecule has 4 rings (SSSR count). The van der Waals surface area contributed by atoms with Crippen molar-refractivity contribution >= 4 is 11.8 Å². The van der Waals surface area contributed by atoms with Crippen LogP contribution >= 0.6 is 0 Å². The zero-order valence-electron chi connectivity index (χ0n) is 15.8. The summed E-state index contributed by atoms with van der Waals surface area (Å²) < 4.78 is 7.62. The van der Waals surface area contributed by atoms with Crippen LogP contribution in [0.2, 0.25) is 0 Å². The molecule has 3 heterocycles. The van der Waals surface area contributed by atoms with Crippen LogP contribution in [0.5, 0.6) is 0 Å². The fraction of sp³-hybridized carbons (Fsp3) is 0.526. The van der Waals surface area contributed by atoms with Crippen LogP contribution in [0, 0.1) is 0 Å². The molecular formula is C19H24N6O3. The quantitative estimate of drug-likeness (QED) is 0.759. The average molecular weight is 384 g/mol. The van der Waals surface area contributed by atoms with Crippen molar-refractivity contribution in [1.29, 1.82) is 0 Å². The van der Waals surface area contributed by atoms with Gasteiger partial charge >= 0.3 is 0 Å². The van der Waals surface area contributed by atoms with Crippen molar-refractivity contribution in [1.82, 2.24) is 30.0 Å². The number of hydrogen-bond acceptors (Lipinski definition) is 6. The van der Waals surface area contributed by atoms with Gasteiger partial charge in [-0.05, 0) is 30.9 Å². The van der Waals surface area contributed by atoms with Crippen LogP contribution in [-0.4, -0.2) is 55.2 Å². The maximum Gasteiger partial charge on any atom is 0.252 e. The van der Waals surface area contributed by atoms with Gasteiger partial charge in [0, 0.05) is 25.0 Å². The predicted octanol–water partition coefficient (Wildman–Crippen LogP) is 0.830. The lowest BCUT2D eigenvalue weighted by Crippen LogP contribution is -2.55. The number of carbonyl (C=O) groups excluding carboxylic acids is 2. The number of ether oxygens (including phenoxy) is 1. The molecular weight excluding hydrogens is 360 g/mol. The second-order valence-electron chi connectivity index (χ2n) is 7.15. The van der Waals surface area contributed by atoms with Gasteiger partial charge in [0.1, 0.15) is 12.9 Å². The Morgan fingerprint density at radius 3 is 2.96 bits per heavy atom. The third-order valence-electron chi connectivity index (χ3n) is 5.07. The summed E-state index contributed by atoms with van der Waals surface area (Å²) in [6.07, 6.45) is 7.10. The molecule has 2 aliphatic rings. The summed E-state index contributed by atoms with van der Waals surface area (Å²) in [5.41, 5.74) is 0.803. The number of pyridine rings is 1. The summed E-state index contributed by atoms with van der Waals surface area (Å²) >= 11 is 0. The molecule has 1 saturated carbocycles. The third kappa shape index (κ3) is 3.75. The van der Waals surface area contributed by atoms with Gasteiger partial charge in [-0.2, -0.15) is 0 Å². The largest absolute Gasteiger partial charge is 0.356 e. The fourth-order valence-corrected chi connectivity index (χ4v) is 3.63. The highest BCUT2D eigenvalue weighted by Crippen LogP contribution is 2.39. The molecule has 1 saturated heterocycles. The fourth-order valence-electron chi connectivity index (χ4n) is 3.63. The number of rotatable bonds is 7. The first-order valence-corrected chi connectivity index (χ1v) is 9.66. The Morgan fingerprint density at radius 2 is 2.25 bits per heavy atom. The lowest BCUT2D eigenvalue weighted by atomic mass is 9.98. The van der Waals surface area contributed by atoms with E-state index in [0.29, 0.717) is 5.82 Å². The zero-order chi connectivity index (χ0) is 19.5. The molecule has 1 N–H and O–H groups in total. The second-order valence-corrected chi connectivity index (χ2v) is 7.15. The highest BCUT2D eigenvalue weighted by molar-refractivity contribution is 5.86. The Labute approximate surface area is 163 Å². The topological polar surface area (TPSA) is 102 Å². The molecule has 1 aliphatic heterocycles. The minimum Gasteiger partial charge on any atom is -0.356 e. The second kappa shape index (κ2) is 8.05. The maximum atomic E-state index is 13.0. The van der Waals surface area contributed by atoms with Gasteiger partial charge in [0.05, 0.1) is 12.6 Å². The molecule has 0 radical (unpaired) electrons. The van der Waals surface area contributed by atoms with Gasteiger partial charge in [0.2, 0.25) is 5.91 Å². The number of carbonyl (C=O) groups is 2. The zero-order valence-corrected chi connectivity index (χ0v) is 15.8. The maximum absolute atomic E-state index is 13.0. The molecule has 2 aromatic rings. The summed E-state index contributed by atoms with van der Waals surface area (Å²) in [6.45, 7) is 3.04. The lowest BCUT2D eigenvalue weighted by Gasteiger charge is -2.40. The van der Waals surface area contributed by atoms with Crippen molar-refractivity contribution < 1.29 is 14.3 Å². The van der Waals surface area contributed by atoms with Gasteiger partial charge in [-0.3, -0.25) is 14.6 Å². The van der Waals surface area contributed by atoms with E-state index < -0.39 is 12.1 Å². The van der Waals surface area contributed by atoms with Gasteiger partial charge < -0.3 is 19.5 Å². The molecule has 9 nitrogen and oxygen atoms in total. The van der Waals surface area contributed by atoms with Crippen LogP contribution in [-0.2, 0) is 27.4 Å². The molecule has 1 aliphatic carbocycles. The van der Waals surface area contributed by atoms with Crippen molar-refractivity contribution in [2.24, 2.45) is 0 Å². The van der Waals surface area contributed by atoms with E-state index in [1.807, 2.05) is 21.6 Å². The van der Waals surface area contributed by atoms with E-state index in [9.17, 15) is 9.59 Å². The molecule has 0 bridgehead atoms. The average Bonchev–Trinajstić information content (AvgIpc) is 3.46. The molecule has 2 fully saturated rings. The number of aromatic nitrogens is 4. The van der Waals surface area contributed by atoms with Crippen molar-refractivity contribution in [3.8, 4) is 0 Å². The first kappa shape index (κ1) is 18.5. The van der Waals surface area contributed by atoms with Crippen molar-refractivity contribution in [2.45, 2.75) is 57.5 Å². The van der Waals surface area contributed by atoms with Crippen LogP contribution in [0.1, 0.15) is 43.6 Å². The number of amides is 2. The van der Waals surface area contributed by atoms with Crippen LogP contribution < -0.4 is 5.32 Å². The van der Waals surface area contributed by atoms with E-state index in [4.69, 9.17) is 4.74 Å². The summed E-state index contributed by atoms with van der Waals surface area (Å²) in [6, 6.07) is 3.38. The first-order chi connectivity index (χ1) is 13.7. The van der Waals surface area contributed by atoms with Gasteiger partial charge in [0.15, 0.2) is 11.9 Å². The minimum absolute atomic E-state index is 0.0805. The van der Waals surface area contributed by atoms with E-state index >= 15 is 0 Å². The van der Waals surface area contributed by atoms with Gasteiger partial charge in [-0.15, -0.1) is 10.2 Å². The Hall–Kier alpha value is -2.81. The molecule has 9 heteroatoms. The molecule has 28 heavy (non-hydrogen) atoms. The van der Waals surface area contributed by atoms with E-state index in [-0.39, 0.29) is 31.0 Å². The number of nitrogens with one attached hydrogen (secondary N) is 1. The summed E-state index contributed by atoms with van der Waals surface area (Å²) in [5.74, 6) is 0.347. The lowest BCUT2D eigenvalue weighted by molar-refractivity contribution is -0.165. The molecule has 2 amide bonds. The SMILES string of the molecule is CCCn1cnnc1CNC(=O)[C@H]1OCC(=O)N(C2CC2)[C@@H]1c1cccnc1. The Bertz CT molecular complexity index is 835. The van der Waals surface area contributed by atoms with Gasteiger partial charge in [0.25, 0.3) is 5.91 Å². The van der Waals surface area contributed by atoms with E-state index in [2.05, 4.69) is 27.4 Å². The Kier molecular flexibility index (Phi) is 5.34. The highest BCUT2D eigenvalue weighted by atomic mass is 16.5. The van der Waals surface area contributed by atoms with Crippen molar-refractivity contribution in [3.63, 3.8) is 0 Å². The summed E-state index contributed by atoms with van der Waals surface area (Å²) in [7, 11) is 0. The van der Waals surface area contributed by atoms with Crippen LogP contribution in [0.25, 0.3) is 0 Å². The summed E-state index contributed by atoms with van der Waals surface area (Å²) in [5, 5.41) is 10.9. The normalized spacial score (nSPS) is 22.3. The van der Waals surface area contributed by atoms with Crippen LogP contribution in [0.3, 0.4) is 0 Å². The molecule has 0 aromatic carbocycles. The number of nitrogens with zero attached hydrogens (tertiary/aromatic N) is 5. The number of aryl methyl sites for hydroxylation is 1. The molecule has 0 unspecified atom stereocenters. The molecule has 148 valence electrons. The molecule has 2 atom stereocenters. The first-order valence-electron chi connectivity index (χ1n) is 9.66. The highest BCUT2D eigenvalue weighted by Gasteiger charge is 2.47. The molecule has 0 spiro atoms.